The molecule has 0 radical (unpaired) electrons. The zero-order valence-electron chi connectivity index (χ0n) is 16.8. The molecule has 2 aromatic heterocycles. The molecule has 29 heavy (non-hydrogen) atoms. The number of carboxylic acids is 1. The zero-order chi connectivity index (χ0) is 21.6. The van der Waals surface area contributed by atoms with Gasteiger partial charge in [-0.25, -0.2) is 9.78 Å². The van der Waals surface area contributed by atoms with Crippen LogP contribution >= 0.6 is 0 Å². The number of nitrogens with zero attached hydrogens (tertiary/aromatic N) is 2. The highest BCUT2D eigenvalue weighted by Crippen LogP contribution is 2.34. The lowest BCUT2D eigenvalue weighted by molar-refractivity contribution is -0.139. The van der Waals surface area contributed by atoms with E-state index in [9.17, 15) is 14.4 Å². The van der Waals surface area contributed by atoms with Crippen LogP contribution in [0.1, 0.15) is 43.2 Å². The van der Waals surface area contributed by atoms with Crippen LogP contribution in [0, 0.1) is 0 Å². The molecule has 2 heterocycles. The van der Waals surface area contributed by atoms with Crippen LogP contribution in [0.5, 0.6) is 5.88 Å². The number of hydrogen-bond acceptors (Lipinski definition) is 5. The van der Waals surface area contributed by atoms with Crippen molar-refractivity contribution in [1.82, 2.24) is 9.55 Å². The van der Waals surface area contributed by atoms with E-state index >= 15 is 0 Å². The van der Waals surface area contributed by atoms with Gasteiger partial charge in [0.05, 0.1) is 16.5 Å². The number of amides is 1. The lowest BCUT2D eigenvalue weighted by Gasteiger charge is -2.11. The number of allylic oxidation sites excluding steroid dienone is 4. The molecular formula is C21H25N3O5. The van der Waals surface area contributed by atoms with E-state index in [1.165, 1.54) is 6.20 Å². The van der Waals surface area contributed by atoms with Crippen LogP contribution in [0.25, 0.3) is 10.9 Å². The number of carbonyl (C=O) groups excluding carboxylic acids is 2. The summed E-state index contributed by atoms with van der Waals surface area (Å²) in [5.74, 6) is -3.15. The Balaban J connectivity index is 2.78. The average Bonchev–Trinajstić information content (AvgIpc) is 3.02. The minimum absolute atomic E-state index is 0.0194. The molecule has 154 valence electrons. The van der Waals surface area contributed by atoms with Crippen LogP contribution < -0.4 is 10.5 Å². The average molecular weight is 399 g/mol. The molecule has 0 aliphatic carbocycles. The van der Waals surface area contributed by atoms with Gasteiger partial charge in [-0.05, 0) is 31.4 Å². The molecule has 3 N–H and O–H groups in total. The van der Waals surface area contributed by atoms with Crippen molar-refractivity contribution in [2.24, 2.45) is 5.73 Å². The SMILES string of the molecule is C/C=C(\C=C/CC)Cn1c(CC)c(C(=O)C(N)=O)c2c(OCC(=O)O)nccc21. The highest BCUT2D eigenvalue weighted by molar-refractivity contribution is 6.45. The molecule has 0 fully saturated rings. The highest BCUT2D eigenvalue weighted by Gasteiger charge is 2.28. The molecule has 0 aromatic carbocycles. The lowest BCUT2D eigenvalue weighted by Crippen LogP contribution is -2.24. The summed E-state index contributed by atoms with van der Waals surface area (Å²) >= 11 is 0. The third kappa shape index (κ3) is 4.71. The van der Waals surface area contributed by atoms with Crippen molar-refractivity contribution < 1.29 is 24.2 Å². The third-order valence-electron chi connectivity index (χ3n) is 4.45. The minimum Gasteiger partial charge on any atom is -0.479 e. The van der Waals surface area contributed by atoms with Crippen LogP contribution in [0.4, 0.5) is 0 Å². The van der Waals surface area contributed by atoms with Crippen LogP contribution in [-0.2, 0) is 22.6 Å². The fourth-order valence-electron chi connectivity index (χ4n) is 3.17. The number of aromatic nitrogens is 2. The molecule has 0 aliphatic heterocycles. The van der Waals surface area contributed by atoms with Gasteiger partial charge in [0.15, 0.2) is 6.61 Å². The molecule has 8 heteroatoms. The van der Waals surface area contributed by atoms with Crippen molar-refractivity contribution in [2.45, 2.75) is 40.2 Å². The Hall–Kier alpha value is -3.42. The van der Waals surface area contributed by atoms with Crippen molar-refractivity contribution in [3.05, 3.63) is 47.3 Å². The van der Waals surface area contributed by atoms with Crippen molar-refractivity contribution in [2.75, 3.05) is 6.61 Å². The predicted molar refractivity (Wildman–Crippen MR) is 109 cm³/mol. The smallest absolute Gasteiger partial charge is 0.341 e. The molecule has 0 saturated carbocycles. The number of Topliss-reactive ketones (excluding diaryl/α,β-unsaturated/α-hetero) is 1. The summed E-state index contributed by atoms with van der Waals surface area (Å²) in [5, 5.41) is 9.23. The molecular weight excluding hydrogens is 374 g/mol. The van der Waals surface area contributed by atoms with Gasteiger partial charge < -0.3 is 20.1 Å². The van der Waals surface area contributed by atoms with Gasteiger partial charge in [-0.3, -0.25) is 9.59 Å². The zero-order valence-corrected chi connectivity index (χ0v) is 16.8. The first-order valence-electron chi connectivity index (χ1n) is 9.36. The first kappa shape index (κ1) is 21.9. The number of primary amides is 1. The monoisotopic (exact) mass is 399 g/mol. The summed E-state index contributed by atoms with van der Waals surface area (Å²) in [7, 11) is 0. The number of fused-ring (bicyclic) bond motifs is 1. The molecule has 0 aliphatic rings. The van der Waals surface area contributed by atoms with E-state index in [0.717, 1.165) is 12.0 Å². The number of nitrogens with two attached hydrogens (primary N) is 1. The van der Waals surface area contributed by atoms with Crippen molar-refractivity contribution in [1.29, 1.82) is 0 Å². The van der Waals surface area contributed by atoms with Crippen molar-refractivity contribution in [3.8, 4) is 5.88 Å². The van der Waals surface area contributed by atoms with Gasteiger partial charge in [-0.2, -0.15) is 0 Å². The maximum absolute atomic E-state index is 12.7. The lowest BCUT2D eigenvalue weighted by atomic mass is 10.1. The summed E-state index contributed by atoms with van der Waals surface area (Å²) < 4.78 is 7.22. The largest absolute Gasteiger partial charge is 0.479 e. The van der Waals surface area contributed by atoms with Crippen LogP contribution in [0.3, 0.4) is 0 Å². The maximum Gasteiger partial charge on any atom is 0.341 e. The molecule has 0 bridgehead atoms. The van der Waals surface area contributed by atoms with E-state index in [1.807, 2.05) is 43.6 Å². The summed E-state index contributed by atoms with van der Waals surface area (Å²) in [4.78, 5) is 39.4. The van der Waals surface area contributed by atoms with Gasteiger partial charge in [0.2, 0.25) is 5.88 Å². The Labute approximate surface area is 168 Å². The van der Waals surface area contributed by atoms with Crippen molar-refractivity contribution >= 4 is 28.6 Å². The topological polar surface area (TPSA) is 125 Å². The molecule has 0 spiro atoms. The number of carbonyl (C=O) groups is 3. The summed E-state index contributed by atoms with van der Waals surface area (Å²) in [6.45, 7) is 5.66. The van der Waals surface area contributed by atoms with Crippen LogP contribution in [0.2, 0.25) is 0 Å². The first-order valence-corrected chi connectivity index (χ1v) is 9.36. The number of rotatable bonds is 10. The number of hydrogen-bond donors (Lipinski definition) is 2. The predicted octanol–water partition coefficient (Wildman–Crippen LogP) is 2.64. The summed E-state index contributed by atoms with van der Waals surface area (Å²) in [5.41, 5.74) is 7.64. The molecule has 2 aromatic rings. The number of pyridine rings is 1. The van der Waals surface area contributed by atoms with E-state index in [-0.39, 0.29) is 11.4 Å². The minimum atomic E-state index is -1.18. The van der Waals surface area contributed by atoms with E-state index in [2.05, 4.69) is 4.98 Å². The van der Waals surface area contributed by atoms with E-state index < -0.39 is 24.3 Å². The maximum atomic E-state index is 12.7. The number of ketones is 1. The Bertz CT molecular complexity index is 1000. The summed E-state index contributed by atoms with van der Waals surface area (Å²) in [6.07, 6.45) is 8.82. The van der Waals surface area contributed by atoms with Crippen molar-refractivity contribution in [3.63, 3.8) is 0 Å². The second-order valence-electron chi connectivity index (χ2n) is 6.32. The van der Waals surface area contributed by atoms with E-state index in [4.69, 9.17) is 15.6 Å². The Kier molecular flexibility index (Phi) is 7.30. The highest BCUT2D eigenvalue weighted by atomic mass is 16.5. The first-order chi connectivity index (χ1) is 13.8. The van der Waals surface area contributed by atoms with Gasteiger partial charge in [0, 0.05) is 18.4 Å². The third-order valence-corrected chi connectivity index (χ3v) is 4.45. The number of aliphatic carboxylic acids is 1. The van der Waals surface area contributed by atoms with E-state index in [0.29, 0.717) is 29.6 Å². The molecule has 0 atom stereocenters. The second-order valence-corrected chi connectivity index (χ2v) is 6.32. The Morgan fingerprint density at radius 2 is 2.03 bits per heavy atom. The Morgan fingerprint density at radius 3 is 2.59 bits per heavy atom. The fourth-order valence-corrected chi connectivity index (χ4v) is 3.17. The fraction of sp³-hybridized carbons (Fsp3) is 0.333. The van der Waals surface area contributed by atoms with E-state index in [1.54, 1.807) is 6.07 Å². The van der Waals surface area contributed by atoms with Gasteiger partial charge in [-0.1, -0.05) is 32.1 Å². The van der Waals surface area contributed by atoms with Crippen LogP contribution in [0.15, 0.2) is 36.1 Å². The van der Waals surface area contributed by atoms with Gasteiger partial charge >= 0.3 is 5.97 Å². The summed E-state index contributed by atoms with van der Waals surface area (Å²) in [6, 6.07) is 1.71. The van der Waals surface area contributed by atoms with Gasteiger partial charge in [0.1, 0.15) is 0 Å². The second kappa shape index (κ2) is 9.68. The number of ether oxygens (including phenoxy) is 1. The van der Waals surface area contributed by atoms with Gasteiger partial charge in [-0.15, -0.1) is 0 Å². The molecule has 8 nitrogen and oxygen atoms in total. The quantitative estimate of drug-likeness (QED) is 0.359. The van der Waals surface area contributed by atoms with Gasteiger partial charge in [0.25, 0.3) is 11.7 Å². The molecule has 2 rings (SSSR count). The molecule has 0 saturated heterocycles. The number of carboxylic acid groups (broad SMARTS) is 1. The molecule has 0 unspecified atom stereocenters. The Morgan fingerprint density at radius 1 is 1.31 bits per heavy atom. The van der Waals surface area contributed by atoms with Crippen LogP contribution in [-0.4, -0.2) is 38.9 Å². The standard InChI is InChI=1S/C21H25N3O5/c1-4-7-8-13(5-2)11-24-14(6-3)17(19(27)20(22)28)18-15(24)9-10-23-21(18)29-12-16(25)26/h5,7-10H,4,6,11-12H2,1-3H3,(H2,22,28)(H,25,26)/b8-7-,13-5+. The molecule has 1 amide bonds. The normalized spacial score (nSPS) is 11.9.